The van der Waals surface area contributed by atoms with Crippen LogP contribution >= 0.6 is 23.2 Å². The molecule has 2 aliphatic carbocycles. The van der Waals surface area contributed by atoms with Gasteiger partial charge in [-0.25, -0.2) is 4.98 Å². The number of methoxy groups -OCH3 is 1. The van der Waals surface area contributed by atoms with Crippen LogP contribution in [0.1, 0.15) is 95.5 Å². The summed E-state index contributed by atoms with van der Waals surface area (Å²) in [7, 11) is 12.7. The first kappa shape index (κ1) is 51.1. The number of benzene rings is 3. The summed E-state index contributed by atoms with van der Waals surface area (Å²) >= 11 is 13.3. The molecule has 6 aliphatic rings. The number of Topliss-reactive ketones (excluding diaryl/α,β-unsaturated/α-hetero) is 1. The molecule has 1 spiro atoms. The van der Waals surface area contributed by atoms with Crippen molar-refractivity contribution in [2.45, 2.75) is 152 Å². The van der Waals surface area contributed by atoms with Crippen LogP contribution in [0, 0.1) is 22.7 Å². The first-order chi connectivity index (χ1) is 34.2. The van der Waals surface area contributed by atoms with Crippen LogP contribution in [0.2, 0.25) is 10.0 Å². The van der Waals surface area contributed by atoms with Gasteiger partial charge in [0.15, 0.2) is 5.78 Å². The van der Waals surface area contributed by atoms with Crippen LogP contribution in [-0.4, -0.2) is 138 Å². The summed E-state index contributed by atoms with van der Waals surface area (Å²) in [5.41, 5.74) is 3.10. The summed E-state index contributed by atoms with van der Waals surface area (Å²) < 4.78 is 15.3. The highest BCUT2D eigenvalue weighted by atomic mass is 35.5. The van der Waals surface area contributed by atoms with Gasteiger partial charge < -0.3 is 29.6 Å². The third kappa shape index (κ3) is 9.03. The standard InChI is InChI=1S/C58H80Cl2N8O3/c1-10-57-51-28-42(26-38-14-12-11-13-15-38)54(57)65(6)36(2)31-61-50-30-45(27-39-16-21-43(59)22-17-39)66(7)55-47(35-70-9)63-53(58(50,55)56(57)69)37(3)68(51)33-41-18-23-44(60)29-49(41)71-46-24-19-40(20-25-46)48-32-62-52(67(48)8)34-64(4)5/h16-25,29,32,36-38,42,45,47,50-51,53-55,61,63H,10-15,26-28,30-31,33-35H2,1-9H3/t36-,37-,42+,45-,47+,50?,51?,53?,54?,55?,57?,58?/m0/s1. The number of imidazole rings is 1. The Morgan fingerprint density at radius 1 is 0.901 bits per heavy atom. The number of likely N-dealkylation sites (N-methyl/N-ethyl adjacent to an activating group) is 2. The van der Waals surface area contributed by atoms with Crippen molar-refractivity contribution in [3.05, 3.63) is 99.9 Å². The fraction of sp³-hybridized carbons (Fsp3) is 0.621. The molecule has 384 valence electrons. The second kappa shape index (κ2) is 20.7. The van der Waals surface area contributed by atoms with E-state index < -0.39 is 10.8 Å². The average Bonchev–Trinajstić information content (AvgIpc) is 4.00. The smallest absolute Gasteiger partial charge is 0.153 e. The number of hydrogen-bond acceptors (Lipinski definition) is 10. The van der Waals surface area contributed by atoms with Crippen molar-refractivity contribution in [1.29, 1.82) is 0 Å². The first-order valence-corrected chi connectivity index (χ1v) is 27.6. The van der Waals surface area contributed by atoms with Crippen molar-refractivity contribution < 1.29 is 14.3 Å². The molecule has 4 aliphatic heterocycles. The Morgan fingerprint density at radius 2 is 1.63 bits per heavy atom. The van der Waals surface area contributed by atoms with E-state index in [9.17, 15) is 0 Å². The zero-order chi connectivity index (χ0) is 49.9. The fourth-order valence-corrected chi connectivity index (χ4v) is 16.0. The molecule has 12 atom stereocenters. The quantitative estimate of drug-likeness (QED) is 0.127. The van der Waals surface area contributed by atoms with Crippen molar-refractivity contribution in [2.75, 3.05) is 48.5 Å². The SMILES string of the molecule is CCC12C(=O)C34C5C[C@H](Cc6ccc(Cl)cc6)N(C)C3[C@@H](COC)NC4[C@H](C)N(Cc3ccc(Cl)cc3Oc3ccc(-c4cnc(CN(C)C)n4C)cc3)C1C[C@@H](CC1CCCCC1)C2N(C)[C@@H](C)CN5. The van der Waals surface area contributed by atoms with Gasteiger partial charge in [0.25, 0.3) is 0 Å². The molecule has 3 aromatic carbocycles. The predicted molar refractivity (Wildman–Crippen MR) is 286 cm³/mol. The number of likely N-dealkylation sites (tertiary alicyclic amines) is 2. The van der Waals surface area contributed by atoms with E-state index in [1.807, 2.05) is 37.6 Å². The molecule has 6 fully saturated rings. The number of rotatable bonds is 14. The topological polar surface area (TPSA) is 90.4 Å². The molecule has 2 N–H and O–H groups in total. The van der Waals surface area contributed by atoms with Crippen LogP contribution < -0.4 is 15.4 Å². The minimum absolute atomic E-state index is 0.0115. The lowest BCUT2D eigenvalue weighted by Gasteiger charge is -2.57. The minimum Gasteiger partial charge on any atom is -0.457 e. The van der Waals surface area contributed by atoms with Gasteiger partial charge in [-0.05, 0) is 140 Å². The summed E-state index contributed by atoms with van der Waals surface area (Å²) in [4.78, 5) is 32.4. The van der Waals surface area contributed by atoms with Crippen LogP contribution in [-0.2, 0) is 36.1 Å². The molecule has 71 heavy (non-hydrogen) atoms. The van der Waals surface area contributed by atoms with Crippen molar-refractivity contribution in [1.82, 2.24) is 39.8 Å². The number of piperidine rings is 1. The Hall–Kier alpha value is -3.36. The highest BCUT2D eigenvalue weighted by molar-refractivity contribution is 6.31. The third-order valence-electron chi connectivity index (χ3n) is 19.0. The lowest BCUT2D eigenvalue weighted by molar-refractivity contribution is -0.154. The molecule has 2 saturated carbocycles. The monoisotopic (exact) mass is 1010 g/mol. The van der Waals surface area contributed by atoms with Gasteiger partial charge in [-0.15, -0.1) is 0 Å². The van der Waals surface area contributed by atoms with Crippen molar-refractivity contribution in [3.63, 3.8) is 0 Å². The number of nitrogens with one attached hydrogen (secondary N) is 2. The zero-order valence-electron chi connectivity index (χ0n) is 43.8. The number of carbonyl (C=O) groups is 1. The lowest BCUT2D eigenvalue weighted by atomic mass is 9.54. The molecule has 0 radical (unpaired) electrons. The van der Waals surface area contributed by atoms with Gasteiger partial charge in [-0.2, -0.15) is 0 Å². The number of ketones is 1. The maximum atomic E-state index is 17.5. The Labute approximate surface area is 434 Å². The van der Waals surface area contributed by atoms with Crippen LogP contribution in [0.5, 0.6) is 11.5 Å². The number of hydrogen-bond donors (Lipinski definition) is 2. The van der Waals surface area contributed by atoms with Gasteiger partial charge in [0.2, 0.25) is 0 Å². The summed E-state index contributed by atoms with van der Waals surface area (Å²) in [6.07, 6.45) is 13.2. The van der Waals surface area contributed by atoms with Crippen molar-refractivity contribution in [2.24, 2.45) is 29.7 Å². The predicted octanol–water partition coefficient (Wildman–Crippen LogP) is 9.73. The van der Waals surface area contributed by atoms with Gasteiger partial charge in [0.05, 0.1) is 35.9 Å². The molecule has 11 nitrogen and oxygen atoms in total. The van der Waals surface area contributed by atoms with Crippen LogP contribution in [0.25, 0.3) is 11.3 Å². The Balaban J connectivity index is 1.08. The highest BCUT2D eigenvalue weighted by Gasteiger charge is 2.77. The maximum Gasteiger partial charge on any atom is 0.153 e. The molecular formula is C58H80Cl2N8O3. The molecule has 0 amide bonds. The van der Waals surface area contributed by atoms with Gasteiger partial charge in [-0.1, -0.05) is 80.4 Å². The van der Waals surface area contributed by atoms with E-state index in [0.717, 1.165) is 77.9 Å². The summed E-state index contributed by atoms with van der Waals surface area (Å²) in [5.74, 6) is 4.07. The van der Waals surface area contributed by atoms with E-state index in [4.69, 9.17) is 37.7 Å². The molecule has 2 bridgehead atoms. The second-order valence-electron chi connectivity index (χ2n) is 23.0. The van der Waals surface area contributed by atoms with Crippen molar-refractivity contribution in [3.8, 4) is 22.8 Å². The van der Waals surface area contributed by atoms with E-state index in [0.29, 0.717) is 35.8 Å². The van der Waals surface area contributed by atoms with Gasteiger partial charge >= 0.3 is 0 Å². The van der Waals surface area contributed by atoms with Gasteiger partial charge in [-0.3, -0.25) is 19.5 Å². The Bertz CT molecular complexity index is 2500. The Kier molecular flexibility index (Phi) is 14.9. The Morgan fingerprint density at radius 3 is 2.34 bits per heavy atom. The highest BCUT2D eigenvalue weighted by Crippen LogP contribution is 2.63. The molecule has 5 heterocycles. The molecular weight excluding hydrogens is 928 g/mol. The van der Waals surface area contributed by atoms with E-state index >= 15 is 4.79 Å². The number of ether oxygens (including phenoxy) is 2. The molecule has 10 rings (SSSR count). The molecule has 4 aromatic rings. The number of halogens is 2. The zero-order valence-corrected chi connectivity index (χ0v) is 45.4. The van der Waals surface area contributed by atoms with Gasteiger partial charge in [0, 0.05) is 103 Å². The summed E-state index contributed by atoms with van der Waals surface area (Å²) in [6.45, 7) is 9.94. The van der Waals surface area contributed by atoms with Crippen LogP contribution in [0.15, 0.2) is 72.9 Å². The number of aromatic nitrogens is 2. The minimum atomic E-state index is -0.734. The van der Waals surface area contributed by atoms with Crippen molar-refractivity contribution >= 4 is 29.0 Å². The fourth-order valence-electron chi connectivity index (χ4n) is 15.7. The van der Waals surface area contributed by atoms with E-state index in [-0.39, 0.29) is 54.4 Å². The lowest BCUT2D eigenvalue weighted by Crippen LogP contribution is -2.73. The number of nitrogens with zero attached hydrogens (tertiary/aromatic N) is 6. The normalized spacial score (nSPS) is 33.7. The molecule has 13 heteroatoms. The average molecular weight is 1010 g/mol. The largest absolute Gasteiger partial charge is 0.457 e. The molecule has 1 aromatic heterocycles. The van der Waals surface area contributed by atoms with E-state index in [1.165, 1.54) is 44.1 Å². The first-order valence-electron chi connectivity index (χ1n) is 26.9. The van der Waals surface area contributed by atoms with Crippen LogP contribution in [0.3, 0.4) is 0 Å². The summed E-state index contributed by atoms with van der Waals surface area (Å²) in [6, 6.07) is 23.1. The number of carbonyl (C=O) groups excluding carboxylic acids is 1. The molecule has 4 saturated heterocycles. The maximum absolute atomic E-state index is 17.5. The second-order valence-corrected chi connectivity index (χ2v) is 23.9. The molecule has 7 unspecified atom stereocenters. The van der Waals surface area contributed by atoms with Gasteiger partial charge in [0.1, 0.15) is 17.3 Å². The van der Waals surface area contributed by atoms with E-state index in [1.54, 1.807) is 0 Å². The van der Waals surface area contributed by atoms with Crippen LogP contribution in [0.4, 0.5) is 0 Å². The third-order valence-corrected chi connectivity index (χ3v) is 19.5. The summed E-state index contributed by atoms with van der Waals surface area (Å²) in [5, 5.41) is 9.91. The van der Waals surface area contributed by atoms with E-state index in [2.05, 4.69) is 133 Å².